The fraction of sp³-hybridized carbons (Fsp3) is 0.412. The summed E-state index contributed by atoms with van der Waals surface area (Å²) < 4.78 is 7.17. The first-order valence-corrected chi connectivity index (χ1v) is 9.25. The molecule has 1 fully saturated rings. The van der Waals surface area contributed by atoms with Crippen LogP contribution < -0.4 is 0 Å². The van der Waals surface area contributed by atoms with E-state index in [4.69, 9.17) is 4.52 Å². The van der Waals surface area contributed by atoms with Crippen LogP contribution in [0.5, 0.6) is 0 Å². The van der Waals surface area contributed by atoms with Crippen molar-refractivity contribution in [3.63, 3.8) is 0 Å². The summed E-state index contributed by atoms with van der Waals surface area (Å²) in [5, 5.41) is 5.90. The standard InChI is InChI=1S/C17H19N5O2S/c1-12-7-15(20-24-12)17(23)22-5-2-3-13(8-22)16-18-4-6-21(16)9-14-10-25-11-19-14/h4,6-7,10-11,13H,2-3,5,8-9H2,1H3. The molecule has 8 heteroatoms. The van der Waals surface area contributed by atoms with Gasteiger partial charge < -0.3 is 14.0 Å². The van der Waals surface area contributed by atoms with Crippen LogP contribution in [0.1, 0.15) is 46.5 Å². The molecule has 1 amide bonds. The van der Waals surface area contributed by atoms with E-state index in [0.29, 0.717) is 24.5 Å². The van der Waals surface area contributed by atoms with Crippen LogP contribution in [0.25, 0.3) is 0 Å². The van der Waals surface area contributed by atoms with Crippen LogP contribution in [0.3, 0.4) is 0 Å². The van der Waals surface area contributed by atoms with Gasteiger partial charge in [0.25, 0.3) is 5.91 Å². The number of amides is 1. The predicted molar refractivity (Wildman–Crippen MR) is 92.6 cm³/mol. The van der Waals surface area contributed by atoms with Gasteiger partial charge in [-0.2, -0.15) is 0 Å². The second-order valence-electron chi connectivity index (χ2n) is 6.31. The number of piperidine rings is 1. The minimum absolute atomic E-state index is 0.0702. The van der Waals surface area contributed by atoms with Crippen LogP contribution in [0.4, 0.5) is 0 Å². The van der Waals surface area contributed by atoms with Crippen molar-refractivity contribution in [2.24, 2.45) is 0 Å². The Hall–Kier alpha value is -2.48. The number of carbonyl (C=O) groups is 1. The third-order valence-electron chi connectivity index (χ3n) is 4.48. The van der Waals surface area contributed by atoms with Crippen LogP contribution in [0, 0.1) is 6.92 Å². The fourth-order valence-electron chi connectivity index (χ4n) is 3.31. The molecule has 0 bridgehead atoms. The number of thiazole rings is 1. The van der Waals surface area contributed by atoms with Crippen molar-refractivity contribution >= 4 is 17.2 Å². The second-order valence-corrected chi connectivity index (χ2v) is 7.02. The number of nitrogens with zero attached hydrogens (tertiary/aromatic N) is 5. The van der Waals surface area contributed by atoms with Crippen LogP contribution in [-0.4, -0.2) is 43.6 Å². The molecule has 1 aliphatic rings. The first-order chi connectivity index (χ1) is 12.2. The third kappa shape index (κ3) is 3.34. The molecule has 0 radical (unpaired) electrons. The van der Waals surface area contributed by atoms with Crippen LogP contribution in [-0.2, 0) is 6.54 Å². The number of imidazole rings is 1. The summed E-state index contributed by atoms with van der Waals surface area (Å²) in [4.78, 5) is 23.4. The van der Waals surface area contributed by atoms with Gasteiger partial charge in [-0.3, -0.25) is 4.79 Å². The lowest BCUT2D eigenvalue weighted by atomic mass is 9.96. The lowest BCUT2D eigenvalue weighted by Crippen LogP contribution is -2.40. The lowest BCUT2D eigenvalue weighted by molar-refractivity contribution is 0.0693. The number of carbonyl (C=O) groups excluding carboxylic acids is 1. The molecular formula is C17H19N5O2S. The zero-order chi connectivity index (χ0) is 17.2. The van der Waals surface area contributed by atoms with Crippen LogP contribution >= 0.6 is 11.3 Å². The molecule has 4 rings (SSSR count). The topological polar surface area (TPSA) is 77.1 Å². The molecule has 0 aliphatic carbocycles. The monoisotopic (exact) mass is 357 g/mol. The van der Waals surface area contributed by atoms with Crippen molar-refractivity contribution in [3.05, 3.63) is 52.3 Å². The molecule has 1 unspecified atom stereocenters. The van der Waals surface area contributed by atoms with Gasteiger partial charge in [-0.1, -0.05) is 5.16 Å². The van der Waals surface area contributed by atoms with E-state index in [0.717, 1.165) is 30.9 Å². The summed E-state index contributed by atoms with van der Waals surface area (Å²) in [5.41, 5.74) is 3.25. The highest BCUT2D eigenvalue weighted by molar-refractivity contribution is 7.07. The summed E-state index contributed by atoms with van der Waals surface area (Å²) in [6, 6.07) is 1.69. The van der Waals surface area contributed by atoms with Crippen molar-refractivity contribution in [2.45, 2.75) is 32.2 Å². The Kier molecular flexibility index (Phi) is 4.35. The van der Waals surface area contributed by atoms with Gasteiger partial charge in [0.15, 0.2) is 5.69 Å². The first kappa shape index (κ1) is 16.0. The number of aromatic nitrogens is 4. The van der Waals surface area contributed by atoms with Crippen molar-refractivity contribution in [2.75, 3.05) is 13.1 Å². The Morgan fingerprint density at radius 2 is 2.36 bits per heavy atom. The number of aryl methyl sites for hydroxylation is 1. The Balaban J connectivity index is 1.50. The number of hydrogen-bond acceptors (Lipinski definition) is 6. The van der Waals surface area contributed by atoms with Gasteiger partial charge >= 0.3 is 0 Å². The summed E-state index contributed by atoms with van der Waals surface area (Å²) in [5.74, 6) is 1.82. The van der Waals surface area contributed by atoms with Gasteiger partial charge in [-0.05, 0) is 19.8 Å². The molecule has 0 spiro atoms. The van der Waals surface area contributed by atoms with E-state index in [-0.39, 0.29) is 11.8 Å². The number of rotatable bonds is 4. The predicted octanol–water partition coefficient (Wildman–Crippen LogP) is 2.70. The van der Waals surface area contributed by atoms with E-state index >= 15 is 0 Å². The highest BCUT2D eigenvalue weighted by atomic mass is 32.1. The van der Waals surface area contributed by atoms with Crippen molar-refractivity contribution < 1.29 is 9.32 Å². The Morgan fingerprint density at radius 1 is 1.44 bits per heavy atom. The summed E-state index contributed by atoms with van der Waals surface area (Å²) in [7, 11) is 0. The molecule has 7 nitrogen and oxygen atoms in total. The summed E-state index contributed by atoms with van der Waals surface area (Å²) in [6.07, 6.45) is 5.78. The molecule has 130 valence electrons. The van der Waals surface area contributed by atoms with E-state index < -0.39 is 0 Å². The first-order valence-electron chi connectivity index (χ1n) is 8.31. The van der Waals surface area contributed by atoms with Gasteiger partial charge in [0.2, 0.25) is 0 Å². The molecule has 1 aliphatic heterocycles. The molecule has 4 heterocycles. The Morgan fingerprint density at radius 3 is 3.12 bits per heavy atom. The summed E-state index contributed by atoms with van der Waals surface area (Å²) in [6.45, 7) is 3.90. The maximum absolute atomic E-state index is 12.6. The minimum Gasteiger partial charge on any atom is -0.361 e. The molecule has 0 N–H and O–H groups in total. The van der Waals surface area contributed by atoms with Gasteiger partial charge in [0.1, 0.15) is 11.6 Å². The molecule has 25 heavy (non-hydrogen) atoms. The van der Waals surface area contributed by atoms with E-state index in [9.17, 15) is 4.79 Å². The van der Waals surface area contributed by atoms with E-state index in [1.165, 1.54) is 0 Å². The average Bonchev–Trinajstić information content (AvgIpc) is 3.37. The van der Waals surface area contributed by atoms with E-state index in [2.05, 4.69) is 19.7 Å². The smallest absolute Gasteiger partial charge is 0.276 e. The zero-order valence-corrected chi connectivity index (χ0v) is 14.8. The second kappa shape index (κ2) is 6.79. The van der Waals surface area contributed by atoms with Gasteiger partial charge in [0, 0.05) is 42.8 Å². The fourth-order valence-corrected chi connectivity index (χ4v) is 3.86. The van der Waals surface area contributed by atoms with Crippen molar-refractivity contribution in [1.82, 2.24) is 24.6 Å². The van der Waals surface area contributed by atoms with Gasteiger partial charge in [-0.15, -0.1) is 11.3 Å². The average molecular weight is 357 g/mol. The van der Waals surface area contributed by atoms with Crippen LogP contribution in [0.2, 0.25) is 0 Å². The minimum atomic E-state index is -0.0702. The SMILES string of the molecule is Cc1cc(C(=O)N2CCCC(c3nccn3Cc3cscn3)C2)no1. The zero-order valence-electron chi connectivity index (χ0n) is 14.0. The molecule has 0 aromatic carbocycles. The molecule has 1 saturated heterocycles. The normalized spacial score (nSPS) is 17.8. The maximum atomic E-state index is 12.6. The lowest BCUT2D eigenvalue weighted by Gasteiger charge is -2.32. The number of likely N-dealkylation sites (tertiary alicyclic amines) is 1. The Bertz CT molecular complexity index is 854. The van der Waals surface area contributed by atoms with E-state index in [1.54, 1.807) is 24.3 Å². The third-order valence-corrected chi connectivity index (χ3v) is 5.12. The van der Waals surface area contributed by atoms with Gasteiger partial charge in [-0.25, -0.2) is 9.97 Å². The highest BCUT2D eigenvalue weighted by Gasteiger charge is 2.29. The number of hydrogen-bond donors (Lipinski definition) is 0. The van der Waals surface area contributed by atoms with E-state index in [1.807, 2.05) is 28.2 Å². The maximum Gasteiger partial charge on any atom is 0.276 e. The molecule has 3 aromatic heterocycles. The van der Waals surface area contributed by atoms with Crippen molar-refractivity contribution in [3.8, 4) is 0 Å². The van der Waals surface area contributed by atoms with Crippen molar-refractivity contribution in [1.29, 1.82) is 0 Å². The highest BCUT2D eigenvalue weighted by Crippen LogP contribution is 2.27. The molecular weight excluding hydrogens is 338 g/mol. The largest absolute Gasteiger partial charge is 0.361 e. The molecule has 1 atom stereocenters. The Labute approximate surface area is 149 Å². The molecule has 0 saturated carbocycles. The van der Waals surface area contributed by atoms with Gasteiger partial charge in [0.05, 0.1) is 17.7 Å². The summed E-state index contributed by atoms with van der Waals surface area (Å²) >= 11 is 1.59. The molecule has 3 aromatic rings. The van der Waals surface area contributed by atoms with Crippen LogP contribution in [0.15, 0.2) is 33.9 Å². The quantitative estimate of drug-likeness (QED) is 0.717.